The SMILES string of the molecule is CC(C)(C)c1ccc(O)c(/C=N/NC(=O)c2ccc(O)cc2)c1. The summed E-state index contributed by atoms with van der Waals surface area (Å²) in [6.07, 6.45) is 1.41. The molecule has 1 amide bonds. The predicted octanol–water partition coefficient (Wildman–Crippen LogP) is 3.16. The first kappa shape index (κ1) is 16.5. The Balaban J connectivity index is 2.11. The molecule has 0 heterocycles. The van der Waals surface area contributed by atoms with Crippen molar-refractivity contribution in [2.24, 2.45) is 5.10 Å². The molecule has 3 N–H and O–H groups in total. The van der Waals surface area contributed by atoms with Crippen molar-refractivity contribution < 1.29 is 15.0 Å². The van der Waals surface area contributed by atoms with Gasteiger partial charge in [0.1, 0.15) is 11.5 Å². The number of hydrazone groups is 1. The first-order chi connectivity index (χ1) is 10.8. The summed E-state index contributed by atoms with van der Waals surface area (Å²) in [5, 5.41) is 23.0. The topological polar surface area (TPSA) is 81.9 Å². The minimum absolute atomic E-state index is 0.0500. The molecule has 0 unspecified atom stereocenters. The minimum Gasteiger partial charge on any atom is -0.508 e. The van der Waals surface area contributed by atoms with Gasteiger partial charge in [0.05, 0.1) is 6.21 Å². The molecule has 0 saturated heterocycles. The number of amides is 1. The number of benzene rings is 2. The molecular weight excluding hydrogens is 292 g/mol. The van der Waals surface area contributed by atoms with Gasteiger partial charge in [0, 0.05) is 11.1 Å². The Bertz CT molecular complexity index is 729. The van der Waals surface area contributed by atoms with Crippen molar-refractivity contribution in [2.75, 3.05) is 0 Å². The molecule has 0 aliphatic rings. The zero-order valence-electron chi connectivity index (χ0n) is 13.4. The second kappa shape index (κ2) is 6.52. The lowest BCUT2D eigenvalue weighted by Gasteiger charge is -2.19. The van der Waals surface area contributed by atoms with Gasteiger partial charge in [0.25, 0.3) is 5.91 Å². The van der Waals surface area contributed by atoms with Gasteiger partial charge < -0.3 is 10.2 Å². The number of hydrogen-bond acceptors (Lipinski definition) is 4. The number of phenols is 2. The van der Waals surface area contributed by atoms with Crippen LogP contribution in [0, 0.1) is 0 Å². The van der Waals surface area contributed by atoms with Gasteiger partial charge in [0.2, 0.25) is 0 Å². The zero-order valence-corrected chi connectivity index (χ0v) is 13.4. The lowest BCUT2D eigenvalue weighted by molar-refractivity contribution is 0.0955. The highest BCUT2D eigenvalue weighted by atomic mass is 16.3. The van der Waals surface area contributed by atoms with Crippen LogP contribution < -0.4 is 5.43 Å². The van der Waals surface area contributed by atoms with E-state index >= 15 is 0 Å². The second-order valence-corrected chi connectivity index (χ2v) is 6.27. The predicted molar refractivity (Wildman–Crippen MR) is 90.0 cm³/mol. The molecule has 0 bridgehead atoms. The van der Waals surface area contributed by atoms with E-state index in [-0.39, 0.29) is 16.9 Å². The maximum Gasteiger partial charge on any atom is 0.271 e. The van der Waals surface area contributed by atoms with Gasteiger partial charge in [-0.25, -0.2) is 5.43 Å². The highest BCUT2D eigenvalue weighted by Gasteiger charge is 2.14. The van der Waals surface area contributed by atoms with Crippen LogP contribution in [-0.2, 0) is 5.41 Å². The smallest absolute Gasteiger partial charge is 0.271 e. The number of phenolic OH excluding ortho intramolecular Hbond substituents is 2. The maximum atomic E-state index is 11.9. The van der Waals surface area contributed by atoms with E-state index in [4.69, 9.17) is 0 Å². The molecule has 2 aromatic rings. The quantitative estimate of drug-likeness (QED) is 0.601. The lowest BCUT2D eigenvalue weighted by Crippen LogP contribution is -2.17. The molecule has 0 saturated carbocycles. The fourth-order valence-corrected chi connectivity index (χ4v) is 1.96. The fraction of sp³-hybridized carbons (Fsp3) is 0.222. The third-order valence-electron chi connectivity index (χ3n) is 3.39. The summed E-state index contributed by atoms with van der Waals surface area (Å²) in [5.74, 6) is -0.206. The van der Waals surface area contributed by atoms with Gasteiger partial charge in [0.15, 0.2) is 0 Å². The minimum atomic E-state index is -0.396. The van der Waals surface area contributed by atoms with E-state index in [0.29, 0.717) is 11.1 Å². The molecule has 0 fully saturated rings. The average molecular weight is 312 g/mol. The third-order valence-corrected chi connectivity index (χ3v) is 3.39. The number of carbonyl (C=O) groups excluding carboxylic acids is 1. The Morgan fingerprint density at radius 3 is 2.35 bits per heavy atom. The van der Waals surface area contributed by atoms with E-state index in [1.807, 2.05) is 12.1 Å². The summed E-state index contributed by atoms with van der Waals surface area (Å²) in [7, 11) is 0. The standard InChI is InChI=1S/C18H20N2O3/c1-18(2,3)14-6-9-16(22)13(10-14)11-19-20-17(23)12-4-7-15(21)8-5-12/h4-11,21-22H,1-3H3,(H,20,23)/b19-11+. The van der Waals surface area contributed by atoms with E-state index in [9.17, 15) is 15.0 Å². The van der Waals surface area contributed by atoms with Gasteiger partial charge in [-0.1, -0.05) is 26.8 Å². The lowest BCUT2D eigenvalue weighted by atomic mass is 9.86. The molecule has 0 aromatic heterocycles. The van der Waals surface area contributed by atoms with Crippen LogP contribution in [0.5, 0.6) is 11.5 Å². The summed E-state index contributed by atoms with van der Waals surface area (Å²) in [6.45, 7) is 6.23. The van der Waals surface area contributed by atoms with Gasteiger partial charge in [-0.15, -0.1) is 0 Å². The van der Waals surface area contributed by atoms with Crippen molar-refractivity contribution in [1.82, 2.24) is 5.43 Å². The van der Waals surface area contributed by atoms with Crippen molar-refractivity contribution in [3.63, 3.8) is 0 Å². The van der Waals surface area contributed by atoms with Crippen LogP contribution in [0.1, 0.15) is 42.3 Å². The first-order valence-electron chi connectivity index (χ1n) is 7.23. The van der Waals surface area contributed by atoms with E-state index < -0.39 is 5.91 Å². The molecule has 0 spiro atoms. The normalized spacial score (nSPS) is 11.6. The zero-order chi connectivity index (χ0) is 17.0. The number of carbonyl (C=O) groups is 1. The molecule has 2 rings (SSSR count). The highest BCUT2D eigenvalue weighted by Crippen LogP contribution is 2.26. The summed E-state index contributed by atoms with van der Waals surface area (Å²) in [6, 6.07) is 11.2. The molecular formula is C18H20N2O3. The average Bonchev–Trinajstić information content (AvgIpc) is 2.48. The number of hydrogen-bond donors (Lipinski definition) is 3. The first-order valence-corrected chi connectivity index (χ1v) is 7.23. The van der Waals surface area contributed by atoms with Gasteiger partial charge in [-0.05, 0) is 47.4 Å². The number of nitrogens with zero attached hydrogens (tertiary/aromatic N) is 1. The monoisotopic (exact) mass is 312 g/mol. The number of rotatable bonds is 3. The molecule has 5 nitrogen and oxygen atoms in total. The van der Waals surface area contributed by atoms with Crippen molar-refractivity contribution >= 4 is 12.1 Å². The van der Waals surface area contributed by atoms with Crippen molar-refractivity contribution in [3.8, 4) is 11.5 Å². The molecule has 0 aliphatic carbocycles. The number of nitrogens with one attached hydrogen (secondary N) is 1. The van der Waals surface area contributed by atoms with Crippen LogP contribution in [0.25, 0.3) is 0 Å². The van der Waals surface area contributed by atoms with Crippen LogP contribution in [0.3, 0.4) is 0 Å². The van der Waals surface area contributed by atoms with E-state index in [1.165, 1.54) is 30.5 Å². The Morgan fingerprint density at radius 2 is 1.74 bits per heavy atom. The maximum absolute atomic E-state index is 11.9. The molecule has 2 aromatic carbocycles. The van der Waals surface area contributed by atoms with Crippen LogP contribution in [-0.4, -0.2) is 22.3 Å². The molecule has 0 aliphatic heterocycles. The highest BCUT2D eigenvalue weighted by molar-refractivity contribution is 5.95. The molecule has 0 atom stereocenters. The largest absolute Gasteiger partial charge is 0.508 e. The molecule has 23 heavy (non-hydrogen) atoms. The Kier molecular flexibility index (Phi) is 4.69. The molecule has 5 heteroatoms. The van der Waals surface area contributed by atoms with E-state index in [2.05, 4.69) is 31.3 Å². The molecule has 120 valence electrons. The Morgan fingerprint density at radius 1 is 1.09 bits per heavy atom. The summed E-state index contributed by atoms with van der Waals surface area (Å²) in [5.41, 5.74) is 4.31. The second-order valence-electron chi connectivity index (χ2n) is 6.27. The van der Waals surface area contributed by atoms with Crippen LogP contribution in [0.2, 0.25) is 0 Å². The van der Waals surface area contributed by atoms with Crippen molar-refractivity contribution in [3.05, 3.63) is 59.2 Å². The summed E-state index contributed by atoms with van der Waals surface area (Å²) < 4.78 is 0. The number of aromatic hydroxyl groups is 2. The Labute approximate surface area is 135 Å². The summed E-state index contributed by atoms with van der Waals surface area (Å²) >= 11 is 0. The van der Waals surface area contributed by atoms with Crippen LogP contribution in [0.15, 0.2) is 47.6 Å². The Hall–Kier alpha value is -2.82. The van der Waals surface area contributed by atoms with Crippen molar-refractivity contribution in [1.29, 1.82) is 0 Å². The summed E-state index contributed by atoms with van der Waals surface area (Å²) in [4.78, 5) is 11.9. The van der Waals surface area contributed by atoms with E-state index in [0.717, 1.165) is 5.56 Å². The van der Waals surface area contributed by atoms with E-state index in [1.54, 1.807) is 6.07 Å². The fourth-order valence-electron chi connectivity index (χ4n) is 1.96. The van der Waals surface area contributed by atoms with Gasteiger partial charge in [-0.3, -0.25) is 4.79 Å². The van der Waals surface area contributed by atoms with Gasteiger partial charge in [-0.2, -0.15) is 5.10 Å². The molecule has 0 radical (unpaired) electrons. The van der Waals surface area contributed by atoms with Crippen LogP contribution >= 0.6 is 0 Å². The van der Waals surface area contributed by atoms with Crippen molar-refractivity contribution in [2.45, 2.75) is 26.2 Å². The van der Waals surface area contributed by atoms with Gasteiger partial charge >= 0.3 is 0 Å². The third kappa shape index (κ3) is 4.32. The van der Waals surface area contributed by atoms with Crippen LogP contribution in [0.4, 0.5) is 0 Å².